The summed E-state index contributed by atoms with van der Waals surface area (Å²) in [6, 6.07) is 0. The molecule has 1 fully saturated rings. The van der Waals surface area contributed by atoms with Crippen LogP contribution >= 0.6 is 0 Å². The van der Waals surface area contributed by atoms with Gasteiger partial charge in [0, 0.05) is 13.1 Å². The van der Waals surface area contributed by atoms with Gasteiger partial charge in [-0.2, -0.15) is 0 Å². The van der Waals surface area contributed by atoms with Crippen molar-refractivity contribution in [1.29, 1.82) is 0 Å². The first-order valence-electron chi connectivity index (χ1n) is 6.77. The Bertz CT molecular complexity index is 299. The number of hydrogen-bond donors (Lipinski definition) is 2. The van der Waals surface area contributed by atoms with Crippen LogP contribution < -0.4 is 5.32 Å². The molecule has 104 valence electrons. The second kappa shape index (κ2) is 6.73. The summed E-state index contributed by atoms with van der Waals surface area (Å²) in [6.07, 6.45) is 2.56. The maximum absolute atomic E-state index is 12.6. The van der Waals surface area contributed by atoms with Crippen molar-refractivity contribution in [2.24, 2.45) is 5.41 Å². The minimum absolute atomic E-state index is 0.0254. The van der Waals surface area contributed by atoms with Gasteiger partial charge in [0.05, 0.1) is 11.8 Å². The molecule has 0 aromatic rings. The molecule has 1 aliphatic rings. The van der Waals surface area contributed by atoms with Crippen LogP contribution in [0.3, 0.4) is 0 Å². The first kappa shape index (κ1) is 15.0. The number of rotatable bonds is 6. The number of nitrogens with one attached hydrogen (secondary N) is 1. The Morgan fingerprint density at radius 1 is 1.28 bits per heavy atom. The van der Waals surface area contributed by atoms with E-state index in [0.29, 0.717) is 13.1 Å². The van der Waals surface area contributed by atoms with Crippen LogP contribution in [0.2, 0.25) is 0 Å². The molecule has 1 saturated heterocycles. The molecule has 5 nitrogen and oxygen atoms in total. The minimum atomic E-state index is -0.850. The molecule has 1 heterocycles. The number of carboxylic acid groups (broad SMARTS) is 1. The second-order valence-electron chi connectivity index (χ2n) is 4.91. The molecule has 0 aromatic heterocycles. The van der Waals surface area contributed by atoms with Gasteiger partial charge in [-0.15, -0.1) is 0 Å². The van der Waals surface area contributed by atoms with Gasteiger partial charge in [-0.1, -0.05) is 6.92 Å². The number of aliphatic carboxylic acids is 1. The Hall–Kier alpha value is -1.10. The quantitative estimate of drug-likeness (QED) is 0.746. The zero-order valence-corrected chi connectivity index (χ0v) is 11.4. The normalized spacial score (nSPS) is 18.3. The maximum Gasteiger partial charge on any atom is 0.305 e. The predicted molar refractivity (Wildman–Crippen MR) is 69.3 cm³/mol. The van der Waals surface area contributed by atoms with Gasteiger partial charge in [0.15, 0.2) is 0 Å². The molecule has 0 saturated carbocycles. The molecule has 0 spiro atoms. The molecule has 1 aliphatic heterocycles. The van der Waals surface area contributed by atoms with Gasteiger partial charge in [0.25, 0.3) is 0 Å². The number of carbonyl (C=O) groups is 2. The van der Waals surface area contributed by atoms with Crippen molar-refractivity contribution < 1.29 is 14.7 Å². The number of piperidine rings is 1. The number of carboxylic acids is 1. The molecule has 1 rings (SSSR count). The first-order valence-corrected chi connectivity index (χ1v) is 6.77. The van der Waals surface area contributed by atoms with Crippen molar-refractivity contribution >= 4 is 11.9 Å². The first-order chi connectivity index (χ1) is 8.55. The Labute approximate surface area is 109 Å². The number of carbonyl (C=O) groups excluding carboxylic acids is 1. The molecule has 0 aromatic carbocycles. The fourth-order valence-corrected chi connectivity index (χ4v) is 2.59. The van der Waals surface area contributed by atoms with Crippen LogP contribution in [0.4, 0.5) is 0 Å². The van der Waals surface area contributed by atoms with E-state index in [-0.39, 0.29) is 17.7 Å². The summed E-state index contributed by atoms with van der Waals surface area (Å²) in [6.45, 7) is 6.60. The van der Waals surface area contributed by atoms with Gasteiger partial charge < -0.3 is 15.3 Å². The highest BCUT2D eigenvalue weighted by Gasteiger charge is 2.39. The van der Waals surface area contributed by atoms with Gasteiger partial charge in [0.1, 0.15) is 0 Å². The molecule has 0 atom stereocenters. The van der Waals surface area contributed by atoms with E-state index in [9.17, 15) is 9.59 Å². The molecule has 5 heteroatoms. The van der Waals surface area contributed by atoms with E-state index in [1.54, 1.807) is 4.90 Å². The van der Waals surface area contributed by atoms with Crippen molar-refractivity contribution in [3.8, 4) is 0 Å². The van der Waals surface area contributed by atoms with E-state index < -0.39 is 5.97 Å². The zero-order valence-electron chi connectivity index (χ0n) is 11.4. The molecular weight excluding hydrogens is 232 g/mol. The highest BCUT2D eigenvalue weighted by atomic mass is 16.4. The summed E-state index contributed by atoms with van der Waals surface area (Å²) in [7, 11) is 0. The van der Waals surface area contributed by atoms with E-state index in [4.69, 9.17) is 5.11 Å². The highest BCUT2D eigenvalue weighted by Crippen LogP contribution is 2.34. The smallest absolute Gasteiger partial charge is 0.305 e. The molecular formula is C13H24N2O3. The van der Waals surface area contributed by atoms with Crippen LogP contribution in [-0.2, 0) is 9.59 Å². The van der Waals surface area contributed by atoms with Crippen LogP contribution in [0, 0.1) is 5.41 Å². The Kier molecular flexibility index (Phi) is 5.59. The summed E-state index contributed by atoms with van der Waals surface area (Å²) < 4.78 is 0. The average molecular weight is 256 g/mol. The molecule has 0 radical (unpaired) electrons. The summed E-state index contributed by atoms with van der Waals surface area (Å²) in [4.78, 5) is 24.9. The van der Waals surface area contributed by atoms with Gasteiger partial charge in [0.2, 0.25) is 5.91 Å². The zero-order chi connectivity index (χ0) is 13.6. The Morgan fingerprint density at radius 3 is 2.33 bits per heavy atom. The molecule has 0 bridgehead atoms. The van der Waals surface area contributed by atoms with Crippen LogP contribution in [-0.4, -0.2) is 48.1 Å². The Balaban J connectivity index is 2.70. The molecule has 2 N–H and O–H groups in total. The highest BCUT2D eigenvalue weighted by molar-refractivity contribution is 5.83. The van der Waals surface area contributed by atoms with E-state index in [0.717, 1.165) is 32.4 Å². The molecule has 0 unspecified atom stereocenters. The third-order valence-electron chi connectivity index (χ3n) is 3.96. The predicted octanol–water partition coefficient (Wildman–Crippen LogP) is 1.09. The van der Waals surface area contributed by atoms with Crippen molar-refractivity contribution in [3.63, 3.8) is 0 Å². The van der Waals surface area contributed by atoms with E-state index in [2.05, 4.69) is 5.32 Å². The van der Waals surface area contributed by atoms with E-state index in [1.165, 1.54) is 0 Å². The van der Waals surface area contributed by atoms with Crippen molar-refractivity contribution in [2.45, 2.75) is 39.5 Å². The second-order valence-corrected chi connectivity index (χ2v) is 4.91. The van der Waals surface area contributed by atoms with Crippen molar-refractivity contribution in [3.05, 3.63) is 0 Å². The van der Waals surface area contributed by atoms with Crippen LogP contribution in [0.15, 0.2) is 0 Å². The van der Waals surface area contributed by atoms with E-state index >= 15 is 0 Å². The lowest BCUT2D eigenvalue weighted by atomic mass is 9.75. The summed E-state index contributed by atoms with van der Waals surface area (Å²) in [5.41, 5.74) is -0.278. The molecule has 18 heavy (non-hydrogen) atoms. The summed E-state index contributed by atoms with van der Waals surface area (Å²) in [5, 5.41) is 12.0. The minimum Gasteiger partial charge on any atom is -0.481 e. The average Bonchev–Trinajstić information content (AvgIpc) is 2.39. The van der Waals surface area contributed by atoms with Gasteiger partial charge in [-0.3, -0.25) is 9.59 Å². The third kappa shape index (κ3) is 3.45. The SMILES string of the molecule is CCN(CCC(=O)O)C(=O)C1(CC)CCNCC1. The Morgan fingerprint density at radius 2 is 1.89 bits per heavy atom. The number of nitrogens with zero attached hydrogens (tertiary/aromatic N) is 1. The topological polar surface area (TPSA) is 69.6 Å². The van der Waals surface area contributed by atoms with Gasteiger partial charge >= 0.3 is 5.97 Å². The molecule has 0 aliphatic carbocycles. The summed E-state index contributed by atoms with van der Waals surface area (Å²) in [5.74, 6) is -0.715. The lowest BCUT2D eigenvalue weighted by Crippen LogP contribution is -2.49. The van der Waals surface area contributed by atoms with Crippen molar-refractivity contribution in [1.82, 2.24) is 10.2 Å². The van der Waals surface area contributed by atoms with Crippen molar-refractivity contribution in [2.75, 3.05) is 26.2 Å². The van der Waals surface area contributed by atoms with Crippen LogP contribution in [0.25, 0.3) is 0 Å². The lowest BCUT2D eigenvalue weighted by Gasteiger charge is -2.39. The fraction of sp³-hybridized carbons (Fsp3) is 0.846. The fourth-order valence-electron chi connectivity index (χ4n) is 2.59. The van der Waals surface area contributed by atoms with E-state index in [1.807, 2.05) is 13.8 Å². The molecule has 1 amide bonds. The maximum atomic E-state index is 12.6. The van der Waals surface area contributed by atoms with Gasteiger partial charge in [-0.25, -0.2) is 0 Å². The standard InChI is InChI=1S/C13H24N2O3/c1-3-13(6-8-14-9-7-13)12(18)15(4-2)10-5-11(16)17/h14H,3-10H2,1-2H3,(H,16,17). The van der Waals surface area contributed by atoms with Crippen LogP contribution in [0.1, 0.15) is 39.5 Å². The monoisotopic (exact) mass is 256 g/mol. The summed E-state index contributed by atoms with van der Waals surface area (Å²) >= 11 is 0. The number of hydrogen-bond acceptors (Lipinski definition) is 3. The third-order valence-corrected chi connectivity index (χ3v) is 3.96. The van der Waals surface area contributed by atoms with Crippen LogP contribution in [0.5, 0.6) is 0 Å². The van der Waals surface area contributed by atoms with Gasteiger partial charge in [-0.05, 0) is 39.3 Å². The largest absolute Gasteiger partial charge is 0.481 e. The number of amides is 1. The lowest BCUT2D eigenvalue weighted by molar-refractivity contribution is -0.145.